The fourth-order valence-electron chi connectivity index (χ4n) is 2.67. The standard InChI is InChI=1S/C17H18Cl2N2O2S/c18-14-5-1-3-11(16(14)19)9-13-10-20-17(24-13)21-15(22)7-6-12-4-2-8-23-12/h1,3,5,10,12H,2,4,6-9H2,(H,20,21,22)/t12-/m0/s1. The van der Waals surface area contributed by atoms with Crippen LogP contribution in [0.4, 0.5) is 5.13 Å². The number of ether oxygens (including phenoxy) is 1. The molecule has 1 aliphatic heterocycles. The molecule has 1 amide bonds. The number of rotatable bonds is 6. The molecule has 1 fully saturated rings. The molecule has 0 spiro atoms. The van der Waals surface area contributed by atoms with Crippen LogP contribution in [0.2, 0.25) is 10.0 Å². The third-order valence-corrected chi connectivity index (χ3v) is 5.68. The van der Waals surface area contributed by atoms with Crippen molar-refractivity contribution in [2.24, 2.45) is 0 Å². The summed E-state index contributed by atoms with van der Waals surface area (Å²) in [5.74, 6) is -0.0211. The molecule has 1 saturated heterocycles. The van der Waals surface area contributed by atoms with Gasteiger partial charge in [-0.2, -0.15) is 0 Å². The van der Waals surface area contributed by atoms with E-state index in [-0.39, 0.29) is 12.0 Å². The molecule has 128 valence electrons. The summed E-state index contributed by atoms with van der Waals surface area (Å²) in [6.45, 7) is 0.814. The van der Waals surface area contributed by atoms with E-state index in [1.54, 1.807) is 12.3 Å². The van der Waals surface area contributed by atoms with Crippen LogP contribution in [0.25, 0.3) is 0 Å². The quantitative estimate of drug-likeness (QED) is 0.767. The zero-order chi connectivity index (χ0) is 16.9. The van der Waals surface area contributed by atoms with E-state index in [2.05, 4.69) is 10.3 Å². The molecule has 2 heterocycles. The average molecular weight is 385 g/mol. The molecular weight excluding hydrogens is 367 g/mol. The van der Waals surface area contributed by atoms with Gasteiger partial charge in [0.2, 0.25) is 5.91 Å². The van der Waals surface area contributed by atoms with E-state index in [1.807, 2.05) is 12.1 Å². The number of anilines is 1. The maximum Gasteiger partial charge on any atom is 0.226 e. The van der Waals surface area contributed by atoms with Crippen molar-refractivity contribution >= 4 is 45.6 Å². The minimum atomic E-state index is -0.0211. The molecule has 3 rings (SSSR count). The molecule has 1 N–H and O–H groups in total. The van der Waals surface area contributed by atoms with Crippen molar-refractivity contribution in [1.82, 2.24) is 4.98 Å². The SMILES string of the molecule is O=C(CC[C@@H]1CCCO1)Nc1ncc(Cc2cccc(Cl)c2Cl)s1. The first-order valence-electron chi connectivity index (χ1n) is 7.91. The minimum absolute atomic E-state index is 0.0211. The number of carbonyl (C=O) groups excluding carboxylic acids is 1. The second kappa shape index (κ2) is 8.30. The molecule has 1 atom stereocenters. The van der Waals surface area contributed by atoms with Crippen LogP contribution in [0, 0.1) is 0 Å². The van der Waals surface area contributed by atoms with Crippen molar-refractivity contribution in [3.63, 3.8) is 0 Å². The molecule has 0 unspecified atom stereocenters. The van der Waals surface area contributed by atoms with Gasteiger partial charge in [-0.1, -0.05) is 35.3 Å². The lowest BCUT2D eigenvalue weighted by Crippen LogP contribution is -2.15. The van der Waals surface area contributed by atoms with E-state index in [4.69, 9.17) is 27.9 Å². The second-order valence-electron chi connectivity index (χ2n) is 5.74. The van der Waals surface area contributed by atoms with E-state index in [9.17, 15) is 4.79 Å². The van der Waals surface area contributed by atoms with Gasteiger partial charge >= 0.3 is 0 Å². The van der Waals surface area contributed by atoms with Crippen LogP contribution >= 0.6 is 34.5 Å². The van der Waals surface area contributed by atoms with E-state index in [0.29, 0.717) is 28.0 Å². The Morgan fingerprint density at radius 2 is 2.29 bits per heavy atom. The van der Waals surface area contributed by atoms with Crippen LogP contribution in [0.3, 0.4) is 0 Å². The Kier molecular flexibility index (Phi) is 6.11. The third kappa shape index (κ3) is 4.70. The van der Waals surface area contributed by atoms with E-state index < -0.39 is 0 Å². The van der Waals surface area contributed by atoms with Crippen molar-refractivity contribution in [1.29, 1.82) is 0 Å². The number of halogens is 2. The molecule has 4 nitrogen and oxygen atoms in total. The van der Waals surface area contributed by atoms with Crippen molar-refractivity contribution in [3.05, 3.63) is 44.9 Å². The molecule has 0 bridgehead atoms. The van der Waals surface area contributed by atoms with Crippen LogP contribution in [0.1, 0.15) is 36.1 Å². The largest absolute Gasteiger partial charge is 0.378 e. The van der Waals surface area contributed by atoms with Gasteiger partial charge in [-0.15, -0.1) is 11.3 Å². The molecule has 1 aromatic heterocycles. The highest BCUT2D eigenvalue weighted by Crippen LogP contribution is 2.29. The van der Waals surface area contributed by atoms with Crippen molar-refractivity contribution in [3.8, 4) is 0 Å². The van der Waals surface area contributed by atoms with Gasteiger partial charge in [0.05, 0.1) is 16.1 Å². The van der Waals surface area contributed by atoms with Gasteiger partial charge in [0, 0.05) is 30.5 Å². The zero-order valence-corrected chi connectivity index (χ0v) is 15.4. The second-order valence-corrected chi connectivity index (χ2v) is 7.64. The predicted octanol–water partition coefficient (Wildman–Crippen LogP) is 4.94. The molecular formula is C17H18Cl2N2O2S. The molecule has 7 heteroatoms. The number of hydrogen-bond donors (Lipinski definition) is 1. The minimum Gasteiger partial charge on any atom is -0.378 e. The Labute approximate surface area is 155 Å². The van der Waals surface area contributed by atoms with Crippen molar-refractivity contribution in [2.75, 3.05) is 11.9 Å². The number of hydrogen-bond acceptors (Lipinski definition) is 4. The number of carbonyl (C=O) groups is 1. The summed E-state index contributed by atoms with van der Waals surface area (Å²) >= 11 is 13.7. The molecule has 24 heavy (non-hydrogen) atoms. The number of thiazole rings is 1. The van der Waals surface area contributed by atoms with E-state index >= 15 is 0 Å². The summed E-state index contributed by atoms with van der Waals surface area (Å²) in [6, 6.07) is 5.58. The maximum absolute atomic E-state index is 12.0. The summed E-state index contributed by atoms with van der Waals surface area (Å²) in [6.07, 6.45) is 6.00. The molecule has 0 aliphatic carbocycles. The fourth-order valence-corrected chi connectivity index (χ4v) is 3.90. The Morgan fingerprint density at radius 1 is 1.42 bits per heavy atom. The number of benzene rings is 1. The third-order valence-electron chi connectivity index (χ3n) is 3.91. The summed E-state index contributed by atoms with van der Waals surface area (Å²) in [4.78, 5) is 17.3. The van der Waals surface area contributed by atoms with Crippen molar-refractivity contribution < 1.29 is 9.53 Å². The van der Waals surface area contributed by atoms with Gasteiger partial charge in [-0.3, -0.25) is 4.79 Å². The molecule has 2 aromatic rings. The van der Waals surface area contributed by atoms with Crippen molar-refractivity contribution in [2.45, 2.75) is 38.2 Å². The molecule has 0 radical (unpaired) electrons. The van der Waals surface area contributed by atoms with Crippen LogP contribution in [0.5, 0.6) is 0 Å². The van der Waals surface area contributed by atoms with Crippen LogP contribution in [-0.4, -0.2) is 23.6 Å². The topological polar surface area (TPSA) is 51.2 Å². The predicted molar refractivity (Wildman–Crippen MR) is 98.2 cm³/mol. The number of nitrogens with zero attached hydrogens (tertiary/aromatic N) is 1. The first kappa shape index (κ1) is 17.7. The summed E-state index contributed by atoms with van der Waals surface area (Å²) in [5, 5.41) is 4.57. The Bertz CT molecular complexity index is 714. The molecule has 1 aliphatic rings. The van der Waals surface area contributed by atoms with Gasteiger partial charge < -0.3 is 10.1 Å². The van der Waals surface area contributed by atoms with Crippen LogP contribution < -0.4 is 5.32 Å². The lowest BCUT2D eigenvalue weighted by Gasteiger charge is -2.08. The van der Waals surface area contributed by atoms with Gasteiger partial charge in [-0.25, -0.2) is 4.98 Å². The highest BCUT2D eigenvalue weighted by atomic mass is 35.5. The van der Waals surface area contributed by atoms with Gasteiger partial charge in [0.1, 0.15) is 0 Å². The Morgan fingerprint density at radius 3 is 3.08 bits per heavy atom. The first-order chi connectivity index (χ1) is 11.6. The van der Waals surface area contributed by atoms with Crippen LogP contribution in [0.15, 0.2) is 24.4 Å². The fraction of sp³-hybridized carbons (Fsp3) is 0.412. The maximum atomic E-state index is 12.0. The number of amides is 1. The molecule has 0 saturated carbocycles. The Hall–Kier alpha value is -1.14. The monoisotopic (exact) mass is 384 g/mol. The Balaban J connectivity index is 1.53. The summed E-state index contributed by atoms with van der Waals surface area (Å²) in [7, 11) is 0. The lowest BCUT2D eigenvalue weighted by atomic mass is 10.1. The zero-order valence-electron chi connectivity index (χ0n) is 13.1. The van der Waals surface area contributed by atoms with Gasteiger partial charge in [0.25, 0.3) is 0 Å². The van der Waals surface area contributed by atoms with Crippen LogP contribution in [-0.2, 0) is 16.0 Å². The van der Waals surface area contributed by atoms with Gasteiger partial charge in [0.15, 0.2) is 5.13 Å². The van der Waals surface area contributed by atoms with E-state index in [1.165, 1.54) is 11.3 Å². The average Bonchev–Trinajstić information content (AvgIpc) is 3.22. The normalized spacial score (nSPS) is 17.2. The first-order valence-corrected chi connectivity index (χ1v) is 9.48. The number of aromatic nitrogens is 1. The smallest absolute Gasteiger partial charge is 0.226 e. The highest BCUT2D eigenvalue weighted by Gasteiger charge is 2.17. The highest BCUT2D eigenvalue weighted by molar-refractivity contribution is 7.15. The lowest BCUT2D eigenvalue weighted by molar-refractivity contribution is -0.116. The number of nitrogens with one attached hydrogen (secondary N) is 1. The molecule has 1 aromatic carbocycles. The summed E-state index contributed by atoms with van der Waals surface area (Å²) in [5.41, 5.74) is 0.948. The van der Waals surface area contributed by atoms with E-state index in [0.717, 1.165) is 36.3 Å². The summed E-state index contributed by atoms with van der Waals surface area (Å²) < 4.78 is 5.53. The van der Waals surface area contributed by atoms with Gasteiger partial charge in [-0.05, 0) is 30.9 Å².